The Kier molecular flexibility index (Phi) is 8.11. The van der Waals surface area contributed by atoms with E-state index in [1.165, 1.54) is 11.8 Å². The van der Waals surface area contributed by atoms with Gasteiger partial charge < -0.3 is 19.3 Å². The Morgan fingerprint density at radius 1 is 1.14 bits per heavy atom. The van der Waals surface area contributed by atoms with E-state index < -0.39 is 13.7 Å². The van der Waals surface area contributed by atoms with Crippen LogP contribution in [-0.2, 0) is 13.6 Å². The van der Waals surface area contributed by atoms with Crippen LogP contribution in [0.3, 0.4) is 0 Å². The van der Waals surface area contributed by atoms with Crippen LogP contribution in [0.15, 0.2) is 29.2 Å². The highest BCUT2D eigenvalue weighted by Crippen LogP contribution is 2.51. The molecule has 2 N–H and O–H groups in total. The van der Waals surface area contributed by atoms with Crippen molar-refractivity contribution < 1.29 is 23.8 Å². The summed E-state index contributed by atoms with van der Waals surface area (Å²) in [7, 11) is -3.45. The maximum absolute atomic E-state index is 13.2. The molecule has 1 unspecified atom stereocenters. The van der Waals surface area contributed by atoms with E-state index in [1.807, 2.05) is 39.8 Å². The van der Waals surface area contributed by atoms with Crippen LogP contribution >= 0.6 is 19.4 Å². The van der Waals surface area contributed by atoms with Crippen molar-refractivity contribution in [3.8, 4) is 0 Å². The molecule has 0 radical (unpaired) electrons. The number of thioether (sulfide) groups is 1. The van der Waals surface area contributed by atoms with Crippen molar-refractivity contribution >= 4 is 24.7 Å². The molecule has 1 atom stereocenters. The first-order chi connectivity index (χ1) is 10.3. The van der Waals surface area contributed by atoms with Gasteiger partial charge in [-0.2, -0.15) is 0 Å². The molecule has 0 aromatic heterocycles. The summed E-state index contributed by atoms with van der Waals surface area (Å²) < 4.78 is 24.4. The van der Waals surface area contributed by atoms with Gasteiger partial charge in [0.25, 0.3) is 0 Å². The predicted molar refractivity (Wildman–Crippen MR) is 89.9 cm³/mol. The van der Waals surface area contributed by atoms with Gasteiger partial charge in [-0.1, -0.05) is 12.1 Å². The molecule has 126 valence electrons. The van der Waals surface area contributed by atoms with E-state index >= 15 is 0 Å². The largest absolute Gasteiger partial charge is 0.394 e. The molecular formula is C15H25O5PS. The normalized spacial score (nSPS) is 13.8. The molecule has 0 spiro atoms. The Morgan fingerprint density at radius 3 is 2.18 bits per heavy atom. The van der Waals surface area contributed by atoms with E-state index in [9.17, 15) is 9.67 Å². The van der Waals surface area contributed by atoms with E-state index in [2.05, 4.69) is 0 Å². The molecule has 0 saturated heterocycles. The molecule has 0 saturated carbocycles. The summed E-state index contributed by atoms with van der Waals surface area (Å²) >= 11 is 1.32. The fourth-order valence-corrected chi connectivity index (χ4v) is 5.13. The van der Waals surface area contributed by atoms with Gasteiger partial charge in [-0.25, -0.2) is 0 Å². The summed E-state index contributed by atoms with van der Waals surface area (Å²) in [5.74, 6) is 0.302. The summed E-state index contributed by atoms with van der Waals surface area (Å²) in [6.07, 6.45) is -1.31. The lowest BCUT2D eigenvalue weighted by Crippen LogP contribution is -2.20. The minimum absolute atomic E-state index is 0.245. The molecule has 0 fully saturated rings. The second kappa shape index (κ2) is 9.06. The molecular weight excluding hydrogens is 323 g/mol. The maximum Gasteiger partial charge on any atom is 0.362 e. The predicted octanol–water partition coefficient (Wildman–Crippen LogP) is 2.80. The Labute approximate surface area is 136 Å². The molecule has 5 nitrogen and oxygen atoms in total. The number of benzene rings is 1. The van der Waals surface area contributed by atoms with Crippen LogP contribution in [0.1, 0.15) is 27.7 Å². The lowest BCUT2D eigenvalue weighted by molar-refractivity contribution is 0.113. The van der Waals surface area contributed by atoms with Crippen LogP contribution < -0.4 is 5.30 Å². The summed E-state index contributed by atoms with van der Waals surface area (Å²) in [6, 6.07) is 7.14. The second-order valence-corrected chi connectivity index (χ2v) is 8.38. The van der Waals surface area contributed by atoms with Crippen LogP contribution in [-0.4, -0.2) is 40.9 Å². The van der Waals surface area contributed by atoms with Gasteiger partial charge in [0.2, 0.25) is 0 Å². The summed E-state index contributed by atoms with van der Waals surface area (Å²) in [5, 5.41) is 18.9. The Bertz CT molecular complexity index is 492. The average molecular weight is 348 g/mol. The van der Waals surface area contributed by atoms with Crippen molar-refractivity contribution in [2.75, 3.05) is 12.4 Å². The van der Waals surface area contributed by atoms with Crippen LogP contribution in [0.25, 0.3) is 0 Å². The number of rotatable bonds is 9. The lowest BCUT2D eigenvalue weighted by atomic mass is 10.4. The molecule has 0 aliphatic heterocycles. The molecule has 1 rings (SSSR count). The summed E-state index contributed by atoms with van der Waals surface area (Å²) in [4.78, 5) is 0.722. The lowest BCUT2D eigenvalue weighted by Gasteiger charge is -2.24. The SMILES string of the molecule is CC(C)OP(=O)(OC(C)C)c1ccccc1SCC(O)CO. The molecule has 0 bridgehead atoms. The van der Waals surface area contributed by atoms with Gasteiger partial charge in [-0.3, -0.25) is 4.57 Å². The topological polar surface area (TPSA) is 76.0 Å². The molecule has 1 aromatic carbocycles. The molecule has 1 aromatic rings. The molecule has 7 heteroatoms. The molecule has 0 amide bonds. The van der Waals surface area contributed by atoms with Crippen LogP contribution in [0.4, 0.5) is 0 Å². The van der Waals surface area contributed by atoms with Crippen molar-refractivity contribution in [2.45, 2.75) is 50.9 Å². The van der Waals surface area contributed by atoms with Crippen molar-refractivity contribution in [2.24, 2.45) is 0 Å². The van der Waals surface area contributed by atoms with Gasteiger partial charge in [0.05, 0.1) is 30.2 Å². The van der Waals surface area contributed by atoms with Gasteiger partial charge in [-0.05, 0) is 39.8 Å². The fraction of sp³-hybridized carbons (Fsp3) is 0.600. The Hall–Kier alpha value is -0.360. The quantitative estimate of drug-likeness (QED) is 0.528. The molecule has 0 heterocycles. The Balaban J connectivity index is 3.11. The summed E-state index contributed by atoms with van der Waals surface area (Å²) in [5.41, 5.74) is 0. The average Bonchev–Trinajstić information content (AvgIpc) is 2.43. The Morgan fingerprint density at radius 2 is 1.68 bits per heavy atom. The van der Waals surface area contributed by atoms with E-state index in [1.54, 1.807) is 12.1 Å². The monoisotopic (exact) mass is 348 g/mol. The number of hydrogen-bond acceptors (Lipinski definition) is 6. The highest BCUT2D eigenvalue weighted by molar-refractivity contribution is 7.99. The minimum Gasteiger partial charge on any atom is -0.394 e. The third-order valence-corrected chi connectivity index (χ3v) is 6.25. The van der Waals surface area contributed by atoms with Gasteiger partial charge in [0.15, 0.2) is 0 Å². The summed E-state index contributed by atoms with van der Waals surface area (Å²) in [6.45, 7) is 6.92. The van der Waals surface area contributed by atoms with E-state index in [4.69, 9.17) is 14.2 Å². The maximum atomic E-state index is 13.2. The number of aliphatic hydroxyl groups is 2. The zero-order valence-electron chi connectivity index (χ0n) is 13.4. The van der Waals surface area contributed by atoms with Crippen molar-refractivity contribution in [3.05, 3.63) is 24.3 Å². The van der Waals surface area contributed by atoms with Gasteiger partial charge >= 0.3 is 7.60 Å². The zero-order chi connectivity index (χ0) is 16.8. The van der Waals surface area contributed by atoms with Gasteiger partial charge in [0, 0.05) is 10.6 Å². The van der Waals surface area contributed by atoms with Gasteiger partial charge in [0.1, 0.15) is 0 Å². The molecule has 0 aliphatic carbocycles. The smallest absolute Gasteiger partial charge is 0.362 e. The van der Waals surface area contributed by atoms with Gasteiger partial charge in [-0.15, -0.1) is 11.8 Å². The third kappa shape index (κ3) is 6.03. The number of hydrogen-bond donors (Lipinski definition) is 2. The second-order valence-electron chi connectivity index (χ2n) is 5.42. The first kappa shape index (κ1) is 19.7. The first-order valence-corrected chi connectivity index (χ1v) is 9.79. The van der Waals surface area contributed by atoms with E-state index in [0.29, 0.717) is 11.1 Å². The molecule has 0 aliphatic rings. The van der Waals surface area contributed by atoms with Crippen molar-refractivity contribution in [1.82, 2.24) is 0 Å². The number of aliphatic hydroxyl groups excluding tert-OH is 2. The zero-order valence-corrected chi connectivity index (χ0v) is 15.1. The van der Waals surface area contributed by atoms with E-state index in [0.717, 1.165) is 4.90 Å². The minimum atomic E-state index is -3.45. The van der Waals surface area contributed by atoms with E-state index in [-0.39, 0.29) is 18.8 Å². The fourth-order valence-electron chi connectivity index (χ4n) is 1.74. The molecule has 22 heavy (non-hydrogen) atoms. The third-order valence-electron chi connectivity index (χ3n) is 2.50. The highest BCUT2D eigenvalue weighted by Gasteiger charge is 2.32. The first-order valence-electron chi connectivity index (χ1n) is 7.26. The highest BCUT2D eigenvalue weighted by atomic mass is 32.2. The van der Waals surface area contributed by atoms with Crippen molar-refractivity contribution in [3.63, 3.8) is 0 Å². The standard InChI is InChI=1S/C15H25O5PS/c1-11(2)19-21(18,20-12(3)4)14-7-5-6-8-15(14)22-10-13(17)9-16/h5-8,11-13,16-17H,9-10H2,1-4H3. The van der Waals surface area contributed by atoms with Crippen LogP contribution in [0, 0.1) is 0 Å². The van der Waals surface area contributed by atoms with Crippen LogP contribution in [0.2, 0.25) is 0 Å². The van der Waals surface area contributed by atoms with Crippen LogP contribution in [0.5, 0.6) is 0 Å². The van der Waals surface area contributed by atoms with Crippen molar-refractivity contribution in [1.29, 1.82) is 0 Å².